The molecule has 9 nitrogen and oxygen atoms in total. The first-order valence-electron chi connectivity index (χ1n) is 9.70. The molecule has 1 aliphatic rings. The Balaban J connectivity index is 1.35. The normalized spacial score (nSPS) is 14.7. The van der Waals surface area contributed by atoms with Crippen molar-refractivity contribution in [2.45, 2.75) is 13.5 Å². The zero-order valence-electron chi connectivity index (χ0n) is 17.3. The molecule has 1 fully saturated rings. The number of piperazine rings is 1. The summed E-state index contributed by atoms with van der Waals surface area (Å²) >= 11 is 0. The van der Waals surface area contributed by atoms with Crippen LogP contribution in [0.25, 0.3) is 11.4 Å². The number of carbonyl (C=O) groups excluding carboxylic acids is 1. The van der Waals surface area contributed by atoms with Gasteiger partial charge in [0.1, 0.15) is 5.76 Å². The van der Waals surface area contributed by atoms with Crippen LogP contribution in [-0.4, -0.2) is 66.2 Å². The number of aromatic nitrogens is 2. The van der Waals surface area contributed by atoms with Crippen LogP contribution < -0.4 is 9.47 Å². The fourth-order valence-corrected chi connectivity index (χ4v) is 3.42. The summed E-state index contributed by atoms with van der Waals surface area (Å²) in [6.45, 7) is 5.04. The van der Waals surface area contributed by atoms with Crippen LogP contribution >= 0.6 is 0 Å². The van der Waals surface area contributed by atoms with Gasteiger partial charge in [0.05, 0.1) is 20.8 Å². The first-order chi connectivity index (χ1) is 14.6. The van der Waals surface area contributed by atoms with E-state index in [4.69, 9.17) is 18.4 Å². The van der Waals surface area contributed by atoms with Crippen LogP contribution in [0.4, 0.5) is 0 Å². The van der Waals surface area contributed by atoms with Gasteiger partial charge in [0.25, 0.3) is 5.91 Å². The second-order valence-electron chi connectivity index (χ2n) is 7.06. The summed E-state index contributed by atoms with van der Waals surface area (Å²) < 4.78 is 21.5. The number of ether oxygens (including phenoxy) is 2. The van der Waals surface area contributed by atoms with E-state index in [-0.39, 0.29) is 5.91 Å². The van der Waals surface area contributed by atoms with Gasteiger partial charge in [0, 0.05) is 31.7 Å². The number of nitrogens with zero attached hydrogens (tertiary/aromatic N) is 4. The van der Waals surface area contributed by atoms with E-state index in [1.807, 2.05) is 19.1 Å². The summed E-state index contributed by atoms with van der Waals surface area (Å²) in [5.74, 6) is 3.32. The minimum Gasteiger partial charge on any atom is -0.493 e. The van der Waals surface area contributed by atoms with Crippen molar-refractivity contribution in [2.24, 2.45) is 0 Å². The van der Waals surface area contributed by atoms with Crippen molar-refractivity contribution in [1.82, 2.24) is 19.9 Å². The Labute approximate surface area is 174 Å². The Bertz CT molecular complexity index is 1020. The zero-order valence-corrected chi connectivity index (χ0v) is 17.3. The molecule has 1 aromatic carbocycles. The zero-order chi connectivity index (χ0) is 21.1. The topological polar surface area (TPSA) is 94.1 Å². The van der Waals surface area contributed by atoms with Crippen molar-refractivity contribution in [3.8, 4) is 22.9 Å². The van der Waals surface area contributed by atoms with Gasteiger partial charge in [-0.05, 0) is 37.3 Å². The molecule has 0 spiro atoms. The second kappa shape index (κ2) is 8.58. The maximum absolute atomic E-state index is 12.5. The fourth-order valence-electron chi connectivity index (χ4n) is 3.42. The number of hydrogen-bond acceptors (Lipinski definition) is 8. The van der Waals surface area contributed by atoms with E-state index in [0.717, 1.165) is 24.4 Å². The van der Waals surface area contributed by atoms with E-state index < -0.39 is 0 Å². The lowest BCUT2D eigenvalue weighted by atomic mass is 10.2. The van der Waals surface area contributed by atoms with E-state index >= 15 is 0 Å². The van der Waals surface area contributed by atoms with Gasteiger partial charge in [-0.2, -0.15) is 4.98 Å². The highest BCUT2D eigenvalue weighted by molar-refractivity contribution is 5.91. The van der Waals surface area contributed by atoms with E-state index in [9.17, 15) is 4.79 Å². The Morgan fingerprint density at radius 3 is 2.50 bits per heavy atom. The lowest BCUT2D eigenvalue weighted by molar-refractivity contribution is 0.0583. The molecule has 9 heteroatoms. The van der Waals surface area contributed by atoms with Crippen LogP contribution in [0.1, 0.15) is 22.2 Å². The molecule has 158 valence electrons. The molecule has 1 amide bonds. The third-order valence-electron chi connectivity index (χ3n) is 5.08. The molecular formula is C21H24N4O5. The number of furan rings is 1. The van der Waals surface area contributed by atoms with Crippen LogP contribution in [0, 0.1) is 6.92 Å². The standard InChI is InChI=1S/C21H24N4O5/c1-14-4-6-17(29-14)21(26)25-10-8-24(9-11-25)13-19-22-20(23-30-19)15-5-7-16(27-2)18(12-15)28-3/h4-7,12H,8-11,13H2,1-3H3. The summed E-state index contributed by atoms with van der Waals surface area (Å²) in [5.41, 5.74) is 0.784. The molecule has 1 aliphatic heterocycles. The summed E-state index contributed by atoms with van der Waals surface area (Å²) in [7, 11) is 3.17. The van der Waals surface area contributed by atoms with Crippen molar-refractivity contribution < 1.29 is 23.2 Å². The molecule has 0 atom stereocenters. The first kappa shape index (κ1) is 20.0. The number of rotatable bonds is 6. The Morgan fingerprint density at radius 1 is 1.07 bits per heavy atom. The molecule has 1 saturated heterocycles. The summed E-state index contributed by atoms with van der Waals surface area (Å²) in [6, 6.07) is 9.00. The number of methoxy groups -OCH3 is 2. The van der Waals surface area contributed by atoms with Crippen LogP contribution in [0.15, 0.2) is 39.3 Å². The Morgan fingerprint density at radius 2 is 1.83 bits per heavy atom. The molecule has 3 aromatic rings. The maximum atomic E-state index is 12.5. The quantitative estimate of drug-likeness (QED) is 0.610. The van der Waals surface area contributed by atoms with Crippen molar-refractivity contribution in [2.75, 3.05) is 40.4 Å². The molecule has 0 unspecified atom stereocenters. The largest absolute Gasteiger partial charge is 0.493 e. The van der Waals surface area contributed by atoms with Crippen LogP contribution in [0.2, 0.25) is 0 Å². The SMILES string of the molecule is COc1ccc(-c2noc(CN3CCN(C(=O)c4ccc(C)o4)CC3)n2)cc1OC. The lowest BCUT2D eigenvalue weighted by Crippen LogP contribution is -2.48. The molecule has 0 aliphatic carbocycles. The van der Waals surface area contributed by atoms with Gasteiger partial charge >= 0.3 is 0 Å². The minimum absolute atomic E-state index is 0.0729. The molecule has 0 N–H and O–H groups in total. The van der Waals surface area contributed by atoms with E-state index in [1.54, 1.807) is 37.3 Å². The summed E-state index contributed by atoms with van der Waals surface area (Å²) in [6.07, 6.45) is 0. The number of aryl methyl sites for hydroxylation is 1. The first-order valence-corrected chi connectivity index (χ1v) is 9.70. The van der Waals surface area contributed by atoms with Gasteiger partial charge in [-0.3, -0.25) is 9.69 Å². The molecule has 30 heavy (non-hydrogen) atoms. The fraction of sp³-hybridized carbons (Fsp3) is 0.381. The van der Waals surface area contributed by atoms with Crippen molar-refractivity contribution in [1.29, 1.82) is 0 Å². The van der Waals surface area contributed by atoms with Gasteiger partial charge in [0.2, 0.25) is 11.7 Å². The van der Waals surface area contributed by atoms with Crippen molar-refractivity contribution in [3.63, 3.8) is 0 Å². The summed E-state index contributed by atoms with van der Waals surface area (Å²) in [4.78, 5) is 21.0. The van der Waals surface area contributed by atoms with Gasteiger partial charge in [-0.1, -0.05) is 5.16 Å². The third-order valence-corrected chi connectivity index (χ3v) is 5.08. The van der Waals surface area contributed by atoms with Crippen molar-refractivity contribution in [3.05, 3.63) is 47.7 Å². The smallest absolute Gasteiger partial charge is 0.289 e. The molecular weight excluding hydrogens is 388 g/mol. The Kier molecular flexibility index (Phi) is 5.71. The maximum Gasteiger partial charge on any atom is 0.289 e. The second-order valence-corrected chi connectivity index (χ2v) is 7.06. The molecule has 0 radical (unpaired) electrons. The van der Waals surface area contributed by atoms with Gasteiger partial charge in [0.15, 0.2) is 17.3 Å². The predicted octanol–water partition coefficient (Wildman–Crippen LogP) is 2.61. The average molecular weight is 412 g/mol. The highest BCUT2D eigenvalue weighted by Gasteiger charge is 2.25. The van der Waals surface area contributed by atoms with Crippen LogP contribution in [0.3, 0.4) is 0 Å². The number of carbonyl (C=O) groups is 1. The minimum atomic E-state index is -0.0729. The third kappa shape index (κ3) is 4.16. The van der Waals surface area contributed by atoms with Crippen LogP contribution in [0.5, 0.6) is 11.5 Å². The van der Waals surface area contributed by atoms with Crippen molar-refractivity contribution >= 4 is 5.91 Å². The Hall–Kier alpha value is -3.33. The summed E-state index contributed by atoms with van der Waals surface area (Å²) in [5, 5.41) is 4.08. The lowest BCUT2D eigenvalue weighted by Gasteiger charge is -2.33. The number of benzene rings is 1. The molecule has 0 saturated carbocycles. The highest BCUT2D eigenvalue weighted by Crippen LogP contribution is 2.31. The van der Waals surface area contributed by atoms with Crippen LogP contribution in [-0.2, 0) is 6.54 Å². The van der Waals surface area contributed by atoms with Gasteiger partial charge in [-0.15, -0.1) is 0 Å². The molecule has 3 heterocycles. The van der Waals surface area contributed by atoms with Gasteiger partial charge < -0.3 is 23.3 Å². The van der Waals surface area contributed by atoms with Gasteiger partial charge in [-0.25, -0.2) is 0 Å². The predicted molar refractivity (Wildman–Crippen MR) is 107 cm³/mol. The molecule has 0 bridgehead atoms. The van der Waals surface area contributed by atoms with E-state index in [1.165, 1.54) is 0 Å². The monoisotopic (exact) mass is 412 g/mol. The molecule has 4 rings (SSSR count). The average Bonchev–Trinajstić information content (AvgIpc) is 3.42. The van der Waals surface area contributed by atoms with E-state index in [2.05, 4.69) is 15.0 Å². The number of hydrogen-bond donors (Lipinski definition) is 0. The number of amides is 1. The van der Waals surface area contributed by atoms with E-state index in [0.29, 0.717) is 48.6 Å². The molecule has 2 aromatic heterocycles. The highest BCUT2D eigenvalue weighted by atomic mass is 16.5.